The van der Waals surface area contributed by atoms with E-state index in [-0.39, 0.29) is 5.54 Å². The Labute approximate surface area is 119 Å². The van der Waals surface area contributed by atoms with E-state index < -0.39 is 0 Å². The summed E-state index contributed by atoms with van der Waals surface area (Å²) in [6.07, 6.45) is 3.97. The molecule has 1 aliphatic rings. The molecule has 1 aromatic carbocycles. The Morgan fingerprint density at radius 3 is 2.85 bits per heavy atom. The quantitative estimate of drug-likeness (QED) is 0.860. The maximum absolute atomic E-state index is 5.33. The molecule has 0 unspecified atom stereocenters. The summed E-state index contributed by atoms with van der Waals surface area (Å²) in [6.45, 7) is 7.23. The summed E-state index contributed by atoms with van der Waals surface area (Å²) in [7, 11) is 0. The first-order valence-corrected chi connectivity index (χ1v) is 6.92. The van der Waals surface area contributed by atoms with Gasteiger partial charge in [-0.25, -0.2) is 0 Å². The Morgan fingerprint density at radius 1 is 1.25 bits per heavy atom. The second-order valence-electron chi connectivity index (χ2n) is 5.87. The van der Waals surface area contributed by atoms with Crippen LogP contribution in [0.5, 0.6) is 0 Å². The van der Waals surface area contributed by atoms with Gasteiger partial charge in [0, 0.05) is 16.9 Å². The lowest BCUT2D eigenvalue weighted by Crippen LogP contribution is -2.31. The molecule has 0 spiro atoms. The molecule has 2 heterocycles. The minimum Gasteiger partial charge on any atom is -0.467 e. The van der Waals surface area contributed by atoms with Crippen LogP contribution < -0.4 is 10.6 Å². The number of benzene rings is 1. The maximum Gasteiger partial charge on any atom is 0.122 e. The van der Waals surface area contributed by atoms with Crippen LogP contribution in [0.2, 0.25) is 0 Å². The summed E-state index contributed by atoms with van der Waals surface area (Å²) >= 11 is 0. The highest BCUT2D eigenvalue weighted by atomic mass is 16.3. The zero-order valence-corrected chi connectivity index (χ0v) is 12.2. The predicted octanol–water partition coefficient (Wildman–Crippen LogP) is 4.50. The second-order valence-corrected chi connectivity index (χ2v) is 5.87. The first kappa shape index (κ1) is 12.9. The number of hydrogen-bond acceptors (Lipinski definition) is 3. The van der Waals surface area contributed by atoms with Gasteiger partial charge in [-0.2, -0.15) is 0 Å². The third-order valence-corrected chi connectivity index (χ3v) is 3.53. The van der Waals surface area contributed by atoms with Crippen molar-refractivity contribution in [3.8, 4) is 0 Å². The number of rotatable bonds is 3. The Hall–Kier alpha value is -2.16. The normalized spacial score (nSPS) is 16.1. The minimum atomic E-state index is 0.0141. The zero-order valence-electron chi connectivity index (χ0n) is 12.2. The topological polar surface area (TPSA) is 37.2 Å². The zero-order chi connectivity index (χ0) is 14.2. The van der Waals surface area contributed by atoms with Crippen molar-refractivity contribution < 1.29 is 4.42 Å². The third-order valence-electron chi connectivity index (χ3n) is 3.53. The molecule has 1 aliphatic heterocycles. The molecule has 104 valence electrons. The van der Waals surface area contributed by atoms with Crippen molar-refractivity contribution in [2.75, 3.05) is 10.6 Å². The molecule has 2 N–H and O–H groups in total. The van der Waals surface area contributed by atoms with E-state index in [1.54, 1.807) is 6.26 Å². The van der Waals surface area contributed by atoms with Crippen LogP contribution in [0.15, 0.2) is 47.1 Å². The highest BCUT2D eigenvalue weighted by molar-refractivity contribution is 5.82. The molecule has 0 aliphatic carbocycles. The molecule has 2 aromatic rings. The largest absolute Gasteiger partial charge is 0.467 e. The molecule has 0 amide bonds. The van der Waals surface area contributed by atoms with Crippen molar-refractivity contribution in [3.63, 3.8) is 0 Å². The van der Waals surface area contributed by atoms with Crippen molar-refractivity contribution in [2.24, 2.45) is 0 Å². The highest BCUT2D eigenvalue weighted by Crippen LogP contribution is 2.35. The van der Waals surface area contributed by atoms with Crippen molar-refractivity contribution in [1.29, 1.82) is 0 Å². The molecule has 3 rings (SSSR count). The Kier molecular flexibility index (Phi) is 3.05. The van der Waals surface area contributed by atoms with Gasteiger partial charge in [-0.05, 0) is 56.7 Å². The molecule has 0 saturated carbocycles. The Bertz CT molecular complexity index is 639. The van der Waals surface area contributed by atoms with Crippen LogP contribution >= 0.6 is 0 Å². The van der Waals surface area contributed by atoms with Crippen LogP contribution in [0.4, 0.5) is 11.4 Å². The van der Waals surface area contributed by atoms with Crippen molar-refractivity contribution in [2.45, 2.75) is 32.9 Å². The number of hydrogen-bond donors (Lipinski definition) is 2. The lowest BCUT2D eigenvalue weighted by molar-refractivity contribution is 0.518. The average molecular weight is 268 g/mol. The van der Waals surface area contributed by atoms with Gasteiger partial charge in [-0.1, -0.05) is 6.08 Å². The number of fused-ring (bicyclic) bond motifs is 1. The summed E-state index contributed by atoms with van der Waals surface area (Å²) in [4.78, 5) is 0. The number of furan rings is 1. The molecule has 20 heavy (non-hydrogen) atoms. The van der Waals surface area contributed by atoms with Crippen molar-refractivity contribution in [1.82, 2.24) is 0 Å². The van der Waals surface area contributed by atoms with Crippen LogP contribution in [0.1, 0.15) is 32.1 Å². The molecule has 3 heteroatoms. The highest BCUT2D eigenvalue weighted by Gasteiger charge is 2.22. The molecular formula is C17H20N2O. The van der Waals surface area contributed by atoms with Gasteiger partial charge in [-0.3, -0.25) is 0 Å². The van der Waals surface area contributed by atoms with Crippen LogP contribution in [0.25, 0.3) is 5.57 Å². The fraction of sp³-hybridized carbons (Fsp3) is 0.294. The van der Waals surface area contributed by atoms with E-state index in [1.165, 1.54) is 16.8 Å². The number of allylic oxidation sites excluding steroid dienone is 1. The first-order valence-electron chi connectivity index (χ1n) is 6.92. The second kappa shape index (κ2) is 4.75. The van der Waals surface area contributed by atoms with Crippen LogP contribution in [-0.4, -0.2) is 5.54 Å². The monoisotopic (exact) mass is 268 g/mol. The minimum absolute atomic E-state index is 0.0141. The molecule has 0 saturated heterocycles. The SMILES string of the molecule is CC1=CC(C)(C)Nc2ccc(NCc3ccco3)cc21. The van der Waals surface area contributed by atoms with Gasteiger partial charge in [0.1, 0.15) is 5.76 Å². The summed E-state index contributed by atoms with van der Waals surface area (Å²) < 4.78 is 5.33. The van der Waals surface area contributed by atoms with E-state index in [2.05, 4.69) is 55.7 Å². The summed E-state index contributed by atoms with van der Waals surface area (Å²) in [5.74, 6) is 0.939. The number of anilines is 2. The van der Waals surface area contributed by atoms with Gasteiger partial charge in [0.2, 0.25) is 0 Å². The van der Waals surface area contributed by atoms with Crippen LogP contribution in [0.3, 0.4) is 0 Å². The van der Waals surface area contributed by atoms with Gasteiger partial charge < -0.3 is 15.1 Å². The lowest BCUT2D eigenvalue weighted by Gasteiger charge is -2.31. The molecule has 3 nitrogen and oxygen atoms in total. The third kappa shape index (κ3) is 2.57. The summed E-state index contributed by atoms with van der Waals surface area (Å²) in [5.41, 5.74) is 4.88. The molecule has 0 radical (unpaired) electrons. The van der Waals surface area contributed by atoms with Gasteiger partial charge in [0.05, 0.1) is 18.3 Å². The van der Waals surface area contributed by atoms with E-state index in [9.17, 15) is 0 Å². The molecule has 0 fully saturated rings. The van der Waals surface area contributed by atoms with Gasteiger partial charge >= 0.3 is 0 Å². The summed E-state index contributed by atoms with van der Waals surface area (Å²) in [6, 6.07) is 10.3. The fourth-order valence-electron chi connectivity index (χ4n) is 2.69. The maximum atomic E-state index is 5.33. The average Bonchev–Trinajstić information content (AvgIpc) is 2.88. The standard InChI is InChI=1S/C17H20N2O/c1-12-10-17(2,3)19-16-7-6-13(9-15(12)16)18-11-14-5-4-8-20-14/h4-10,18-19H,11H2,1-3H3. The molecule has 0 bridgehead atoms. The van der Waals surface area contributed by atoms with Crippen LogP contribution in [-0.2, 0) is 6.54 Å². The van der Waals surface area contributed by atoms with Crippen LogP contribution in [0, 0.1) is 0 Å². The van der Waals surface area contributed by atoms with E-state index in [1.807, 2.05) is 12.1 Å². The molecular weight excluding hydrogens is 248 g/mol. The van der Waals surface area contributed by atoms with E-state index >= 15 is 0 Å². The summed E-state index contributed by atoms with van der Waals surface area (Å²) in [5, 5.41) is 6.93. The van der Waals surface area contributed by atoms with E-state index in [0.717, 1.165) is 11.4 Å². The first-order chi connectivity index (χ1) is 9.53. The van der Waals surface area contributed by atoms with Gasteiger partial charge in [-0.15, -0.1) is 0 Å². The van der Waals surface area contributed by atoms with Crippen molar-refractivity contribution >= 4 is 16.9 Å². The lowest BCUT2D eigenvalue weighted by atomic mass is 9.91. The number of nitrogens with one attached hydrogen (secondary N) is 2. The predicted molar refractivity (Wildman–Crippen MR) is 83.8 cm³/mol. The van der Waals surface area contributed by atoms with Gasteiger partial charge in [0.15, 0.2) is 0 Å². The molecule has 1 aromatic heterocycles. The Morgan fingerprint density at radius 2 is 2.10 bits per heavy atom. The Balaban J connectivity index is 1.81. The fourth-order valence-corrected chi connectivity index (χ4v) is 2.69. The van der Waals surface area contributed by atoms with E-state index in [4.69, 9.17) is 4.42 Å². The van der Waals surface area contributed by atoms with Crippen molar-refractivity contribution in [3.05, 3.63) is 54.0 Å². The molecule has 0 atom stereocenters. The van der Waals surface area contributed by atoms with Gasteiger partial charge in [0.25, 0.3) is 0 Å². The smallest absolute Gasteiger partial charge is 0.122 e. The van der Waals surface area contributed by atoms with E-state index in [0.29, 0.717) is 6.54 Å².